The van der Waals surface area contributed by atoms with Crippen molar-refractivity contribution in [2.75, 3.05) is 0 Å². The standard InChI is InChI=1S/C18H13Cl3N3O/c19-11-6-13(20)18(14(21)7-11)24-9-23-16(22-24)8-25-15-5-10-3-1-2-4-12(10)17(15)23/h1-4,6-7,9,15,17H,5,8H2/q+1/t15-,17-/m0/s1. The third kappa shape index (κ3) is 2.40. The second kappa shape index (κ2) is 5.71. The van der Waals surface area contributed by atoms with Crippen LogP contribution in [-0.4, -0.2) is 15.9 Å². The first-order valence-electron chi connectivity index (χ1n) is 7.96. The molecule has 2 heterocycles. The van der Waals surface area contributed by atoms with Gasteiger partial charge in [-0.05, 0) is 23.3 Å². The summed E-state index contributed by atoms with van der Waals surface area (Å²) in [5.74, 6) is 0.847. The molecule has 2 aromatic carbocycles. The van der Waals surface area contributed by atoms with Gasteiger partial charge in [-0.2, -0.15) is 0 Å². The van der Waals surface area contributed by atoms with Gasteiger partial charge >= 0.3 is 5.82 Å². The van der Waals surface area contributed by atoms with E-state index in [1.807, 2.05) is 6.33 Å². The number of benzene rings is 2. The summed E-state index contributed by atoms with van der Waals surface area (Å²) in [5.41, 5.74) is 3.23. The van der Waals surface area contributed by atoms with Gasteiger partial charge in [0.25, 0.3) is 0 Å². The summed E-state index contributed by atoms with van der Waals surface area (Å²) < 4.78 is 9.94. The molecule has 0 unspecified atom stereocenters. The molecule has 0 fully saturated rings. The largest absolute Gasteiger partial charge is 0.363 e. The molecule has 4 nitrogen and oxygen atoms in total. The van der Waals surface area contributed by atoms with Gasteiger partial charge in [0.1, 0.15) is 18.8 Å². The van der Waals surface area contributed by atoms with E-state index < -0.39 is 0 Å². The molecule has 0 N–H and O–H groups in total. The van der Waals surface area contributed by atoms with Crippen LogP contribution in [0.2, 0.25) is 15.1 Å². The summed E-state index contributed by atoms with van der Waals surface area (Å²) in [4.78, 5) is 0. The van der Waals surface area contributed by atoms with Gasteiger partial charge in [0.15, 0.2) is 5.69 Å². The zero-order valence-electron chi connectivity index (χ0n) is 13.0. The summed E-state index contributed by atoms with van der Waals surface area (Å²) in [7, 11) is 0. The number of nitrogens with zero attached hydrogens (tertiary/aromatic N) is 3. The highest BCUT2D eigenvalue weighted by Crippen LogP contribution is 2.36. The lowest BCUT2D eigenvalue weighted by Crippen LogP contribution is -2.51. The van der Waals surface area contributed by atoms with E-state index in [-0.39, 0.29) is 12.1 Å². The van der Waals surface area contributed by atoms with E-state index in [1.54, 1.807) is 16.8 Å². The predicted molar refractivity (Wildman–Crippen MR) is 95.7 cm³/mol. The third-order valence-electron chi connectivity index (χ3n) is 4.84. The van der Waals surface area contributed by atoms with Crippen LogP contribution in [0.1, 0.15) is 23.0 Å². The second-order valence-electron chi connectivity index (χ2n) is 6.30. The fourth-order valence-corrected chi connectivity index (χ4v) is 4.77. The van der Waals surface area contributed by atoms with Crippen molar-refractivity contribution in [3.8, 4) is 5.69 Å². The Morgan fingerprint density at radius 3 is 2.68 bits per heavy atom. The van der Waals surface area contributed by atoms with Crippen molar-refractivity contribution >= 4 is 34.8 Å². The fraction of sp³-hybridized carbons (Fsp3) is 0.222. The predicted octanol–water partition coefficient (Wildman–Crippen LogP) is 4.16. The molecular weight excluding hydrogens is 381 g/mol. The van der Waals surface area contributed by atoms with Crippen LogP contribution >= 0.6 is 34.8 Å². The first-order chi connectivity index (χ1) is 12.1. The van der Waals surface area contributed by atoms with Gasteiger partial charge in [0.05, 0.1) is 10.0 Å². The van der Waals surface area contributed by atoms with Gasteiger partial charge in [-0.15, -0.1) is 0 Å². The number of fused-ring (bicyclic) bond motifs is 5. The first kappa shape index (κ1) is 15.6. The van der Waals surface area contributed by atoms with E-state index in [9.17, 15) is 0 Å². The Labute approximate surface area is 159 Å². The average Bonchev–Trinajstić information content (AvgIpc) is 3.13. The lowest BCUT2D eigenvalue weighted by Gasteiger charge is -2.23. The Hall–Kier alpha value is -1.59. The van der Waals surface area contributed by atoms with E-state index in [4.69, 9.17) is 39.5 Å². The Balaban J connectivity index is 1.65. The third-order valence-corrected chi connectivity index (χ3v) is 5.63. The van der Waals surface area contributed by atoms with Crippen molar-refractivity contribution in [3.63, 3.8) is 0 Å². The van der Waals surface area contributed by atoms with Crippen LogP contribution in [-0.2, 0) is 17.8 Å². The number of aromatic nitrogens is 3. The van der Waals surface area contributed by atoms with Crippen LogP contribution in [0.4, 0.5) is 0 Å². The Kier molecular flexibility index (Phi) is 3.57. The smallest absolute Gasteiger partial charge is 0.304 e. The molecule has 5 rings (SSSR count). The van der Waals surface area contributed by atoms with Gasteiger partial charge in [-0.3, -0.25) is 0 Å². The minimum Gasteiger partial charge on any atom is -0.363 e. The Morgan fingerprint density at radius 1 is 1.12 bits per heavy atom. The lowest BCUT2D eigenvalue weighted by atomic mass is 10.1. The van der Waals surface area contributed by atoms with Crippen molar-refractivity contribution in [1.82, 2.24) is 9.78 Å². The number of ether oxygens (including phenoxy) is 1. The number of rotatable bonds is 1. The maximum absolute atomic E-state index is 6.36. The highest BCUT2D eigenvalue weighted by molar-refractivity contribution is 6.40. The van der Waals surface area contributed by atoms with Gasteiger partial charge in [-0.25, -0.2) is 4.57 Å². The molecule has 0 radical (unpaired) electrons. The maximum atomic E-state index is 6.36. The highest BCUT2D eigenvalue weighted by atomic mass is 35.5. The van der Waals surface area contributed by atoms with Crippen LogP contribution < -0.4 is 4.57 Å². The van der Waals surface area contributed by atoms with E-state index in [2.05, 4.69) is 33.9 Å². The molecule has 2 atom stereocenters. The molecule has 0 spiro atoms. The molecule has 126 valence electrons. The Morgan fingerprint density at radius 2 is 1.88 bits per heavy atom. The van der Waals surface area contributed by atoms with Gasteiger partial charge < -0.3 is 4.74 Å². The van der Waals surface area contributed by atoms with Crippen molar-refractivity contribution in [2.24, 2.45) is 0 Å². The summed E-state index contributed by atoms with van der Waals surface area (Å²) in [6, 6.07) is 11.9. The van der Waals surface area contributed by atoms with Crippen LogP contribution in [0.15, 0.2) is 42.7 Å². The van der Waals surface area contributed by atoms with Gasteiger partial charge in [-0.1, -0.05) is 63.8 Å². The number of hydrogen-bond acceptors (Lipinski definition) is 2. The average molecular weight is 394 g/mol. The maximum Gasteiger partial charge on any atom is 0.304 e. The van der Waals surface area contributed by atoms with Crippen molar-refractivity contribution < 1.29 is 9.30 Å². The minimum absolute atomic E-state index is 0.124. The fourth-order valence-electron chi connectivity index (χ4n) is 3.78. The molecular formula is C18H13Cl3N3O+. The molecule has 1 aliphatic heterocycles. The Bertz CT molecular complexity index is 978. The molecule has 1 aromatic heterocycles. The van der Waals surface area contributed by atoms with Crippen LogP contribution in [0, 0.1) is 0 Å². The minimum atomic E-state index is 0.124. The normalized spacial score (nSPS) is 20.9. The first-order valence-corrected chi connectivity index (χ1v) is 9.09. The lowest BCUT2D eigenvalue weighted by molar-refractivity contribution is -0.739. The topological polar surface area (TPSA) is 30.9 Å². The molecule has 0 saturated carbocycles. The van der Waals surface area contributed by atoms with Crippen LogP contribution in [0.25, 0.3) is 5.69 Å². The zero-order valence-corrected chi connectivity index (χ0v) is 15.3. The number of hydrogen-bond donors (Lipinski definition) is 0. The number of halogens is 3. The molecule has 0 saturated heterocycles. The van der Waals surface area contributed by atoms with E-state index in [1.165, 1.54) is 11.1 Å². The molecule has 1 aliphatic carbocycles. The van der Waals surface area contributed by atoms with Gasteiger partial charge in [0, 0.05) is 16.5 Å². The highest BCUT2D eigenvalue weighted by Gasteiger charge is 2.43. The van der Waals surface area contributed by atoms with E-state index >= 15 is 0 Å². The summed E-state index contributed by atoms with van der Waals surface area (Å²) >= 11 is 18.7. The van der Waals surface area contributed by atoms with Crippen molar-refractivity contribution in [1.29, 1.82) is 0 Å². The van der Waals surface area contributed by atoms with Crippen molar-refractivity contribution in [2.45, 2.75) is 25.2 Å². The molecule has 7 heteroatoms. The SMILES string of the molecule is Clc1cc(Cl)c(-n2c[n+]3c(n2)CO[C@H]2Cc4ccccc4[C@@H]23)c(Cl)c1. The van der Waals surface area contributed by atoms with Crippen LogP contribution in [0.5, 0.6) is 0 Å². The molecule has 2 aliphatic rings. The molecule has 25 heavy (non-hydrogen) atoms. The van der Waals surface area contributed by atoms with E-state index in [0.717, 1.165) is 12.2 Å². The molecule has 0 bridgehead atoms. The molecule has 0 amide bonds. The van der Waals surface area contributed by atoms with Gasteiger partial charge in [0.2, 0.25) is 6.33 Å². The quantitative estimate of drug-likeness (QED) is 0.581. The summed E-state index contributed by atoms with van der Waals surface area (Å²) in [6.07, 6.45) is 2.99. The molecule has 3 aromatic rings. The second-order valence-corrected chi connectivity index (χ2v) is 7.55. The zero-order chi connectivity index (χ0) is 17.1. The monoisotopic (exact) mass is 392 g/mol. The van der Waals surface area contributed by atoms with Crippen LogP contribution in [0.3, 0.4) is 0 Å². The summed E-state index contributed by atoms with van der Waals surface area (Å²) in [5, 5.41) is 6.07. The van der Waals surface area contributed by atoms with E-state index in [0.29, 0.717) is 27.4 Å². The van der Waals surface area contributed by atoms with Crippen molar-refractivity contribution in [3.05, 3.63) is 74.7 Å². The summed E-state index contributed by atoms with van der Waals surface area (Å²) in [6.45, 7) is 0.463.